The molecular weight excluding hydrogens is 400 g/mol. The first-order valence-electron chi connectivity index (χ1n) is 10.5. The Kier molecular flexibility index (Phi) is 5.53. The number of hydrogen-bond acceptors (Lipinski definition) is 5. The Bertz CT molecular complexity index is 1030. The van der Waals surface area contributed by atoms with Crippen LogP contribution in [0.2, 0.25) is 0 Å². The highest BCUT2D eigenvalue weighted by molar-refractivity contribution is 7.13. The first kappa shape index (κ1) is 20.8. The number of aryl methyl sites for hydroxylation is 3. The largest absolute Gasteiger partial charge is 0.349 e. The minimum absolute atomic E-state index is 0.00508. The molecule has 7 nitrogen and oxygen atoms in total. The Morgan fingerprint density at radius 1 is 1.23 bits per heavy atom. The number of carbonyl (C=O) groups is 2. The SMILES string of the molecule is Cc1nc(C)c(C(=O)N2CCC3(CCCC3NC(=O)c3cccn(C)c3=O)CC2)s1. The zero-order chi connectivity index (χ0) is 21.5. The zero-order valence-corrected chi connectivity index (χ0v) is 18.6. The van der Waals surface area contributed by atoms with E-state index in [2.05, 4.69) is 10.3 Å². The van der Waals surface area contributed by atoms with Gasteiger partial charge in [0.25, 0.3) is 17.4 Å². The van der Waals surface area contributed by atoms with Crippen LogP contribution in [0.25, 0.3) is 0 Å². The maximum absolute atomic E-state index is 12.9. The second kappa shape index (κ2) is 7.98. The van der Waals surface area contributed by atoms with Crippen molar-refractivity contribution in [3.8, 4) is 0 Å². The van der Waals surface area contributed by atoms with Crippen LogP contribution in [0.15, 0.2) is 23.1 Å². The topological polar surface area (TPSA) is 84.3 Å². The van der Waals surface area contributed by atoms with Gasteiger partial charge in [-0.05, 0) is 57.1 Å². The number of hydrogen-bond donors (Lipinski definition) is 1. The lowest BCUT2D eigenvalue weighted by molar-refractivity contribution is 0.0511. The van der Waals surface area contributed by atoms with Gasteiger partial charge in [0.2, 0.25) is 0 Å². The molecule has 2 aromatic heterocycles. The fourth-order valence-corrected chi connectivity index (χ4v) is 5.88. The Morgan fingerprint density at radius 3 is 2.63 bits per heavy atom. The molecule has 4 rings (SSSR count). The number of rotatable bonds is 3. The quantitative estimate of drug-likeness (QED) is 0.815. The van der Waals surface area contributed by atoms with E-state index in [-0.39, 0.29) is 34.4 Å². The Labute approximate surface area is 180 Å². The van der Waals surface area contributed by atoms with Crippen LogP contribution in [0.1, 0.15) is 62.8 Å². The first-order chi connectivity index (χ1) is 14.3. The number of nitrogens with zero attached hydrogens (tertiary/aromatic N) is 3. The molecule has 1 spiro atoms. The van der Waals surface area contributed by atoms with Gasteiger partial charge < -0.3 is 14.8 Å². The molecule has 3 heterocycles. The summed E-state index contributed by atoms with van der Waals surface area (Å²) in [6, 6.07) is 3.34. The van der Waals surface area contributed by atoms with Gasteiger partial charge >= 0.3 is 0 Å². The maximum Gasteiger partial charge on any atom is 0.265 e. The Balaban J connectivity index is 1.44. The fourth-order valence-electron chi connectivity index (χ4n) is 5.00. The van der Waals surface area contributed by atoms with Crippen molar-refractivity contribution in [2.24, 2.45) is 12.5 Å². The van der Waals surface area contributed by atoms with Gasteiger partial charge in [-0.15, -0.1) is 11.3 Å². The summed E-state index contributed by atoms with van der Waals surface area (Å²) in [5.41, 5.74) is 0.715. The normalized spacial score (nSPS) is 20.5. The van der Waals surface area contributed by atoms with Gasteiger partial charge in [-0.2, -0.15) is 0 Å². The molecule has 0 radical (unpaired) electrons. The number of piperidine rings is 1. The highest BCUT2D eigenvalue weighted by Crippen LogP contribution is 2.46. The summed E-state index contributed by atoms with van der Waals surface area (Å²) in [6.07, 6.45) is 6.40. The summed E-state index contributed by atoms with van der Waals surface area (Å²) in [6.45, 7) is 5.19. The zero-order valence-electron chi connectivity index (χ0n) is 17.7. The van der Waals surface area contributed by atoms with E-state index in [9.17, 15) is 14.4 Å². The van der Waals surface area contributed by atoms with Gasteiger partial charge in [-0.25, -0.2) is 4.98 Å². The van der Waals surface area contributed by atoms with Gasteiger partial charge in [0, 0.05) is 32.4 Å². The Hall–Kier alpha value is -2.48. The van der Waals surface area contributed by atoms with E-state index in [1.54, 1.807) is 25.4 Å². The van der Waals surface area contributed by atoms with Crippen molar-refractivity contribution >= 4 is 23.2 Å². The fraction of sp³-hybridized carbons (Fsp3) is 0.545. The lowest BCUT2D eigenvalue weighted by Crippen LogP contribution is -2.51. The van der Waals surface area contributed by atoms with Crippen molar-refractivity contribution in [2.45, 2.75) is 52.0 Å². The number of carbonyl (C=O) groups excluding carboxylic acids is 2. The van der Waals surface area contributed by atoms with Crippen molar-refractivity contribution < 1.29 is 9.59 Å². The molecule has 2 amide bonds. The number of nitrogens with one attached hydrogen (secondary N) is 1. The number of thiazole rings is 1. The predicted molar refractivity (Wildman–Crippen MR) is 116 cm³/mol. The highest BCUT2D eigenvalue weighted by atomic mass is 32.1. The van der Waals surface area contributed by atoms with Crippen molar-refractivity contribution in [3.63, 3.8) is 0 Å². The second-order valence-corrected chi connectivity index (χ2v) is 9.76. The molecule has 1 aliphatic heterocycles. The molecule has 160 valence electrons. The van der Waals surface area contributed by atoms with Crippen molar-refractivity contribution in [1.29, 1.82) is 0 Å². The van der Waals surface area contributed by atoms with Gasteiger partial charge in [0.1, 0.15) is 10.4 Å². The van der Waals surface area contributed by atoms with E-state index in [0.29, 0.717) is 13.1 Å². The number of amides is 2. The molecule has 2 fully saturated rings. The van der Waals surface area contributed by atoms with Gasteiger partial charge in [0.05, 0.1) is 10.7 Å². The standard InChI is InChI=1S/C22H28N4O3S/c1-14-18(30-15(2)23-14)21(29)26-12-9-22(10-13-26)8-4-7-17(22)24-19(27)16-6-5-11-25(3)20(16)28/h5-6,11,17H,4,7-10,12-13H2,1-3H3,(H,24,27). The van der Waals surface area contributed by atoms with Gasteiger partial charge in [-0.3, -0.25) is 14.4 Å². The van der Waals surface area contributed by atoms with Crippen molar-refractivity contribution in [1.82, 2.24) is 19.8 Å². The molecule has 1 saturated heterocycles. The maximum atomic E-state index is 12.9. The molecule has 1 N–H and O–H groups in total. The van der Waals surface area contributed by atoms with E-state index >= 15 is 0 Å². The first-order valence-corrected chi connectivity index (χ1v) is 11.3. The molecule has 1 aliphatic carbocycles. The van der Waals surface area contributed by atoms with Gasteiger partial charge in [0.15, 0.2) is 0 Å². The molecule has 1 saturated carbocycles. The van der Waals surface area contributed by atoms with E-state index in [1.165, 1.54) is 15.9 Å². The number of pyridine rings is 1. The van der Waals surface area contributed by atoms with Crippen LogP contribution < -0.4 is 10.9 Å². The van der Waals surface area contributed by atoms with Crippen LogP contribution in [0.3, 0.4) is 0 Å². The summed E-state index contributed by atoms with van der Waals surface area (Å²) in [5.74, 6) is -0.226. The van der Waals surface area contributed by atoms with Gasteiger partial charge in [-0.1, -0.05) is 6.42 Å². The lowest BCUT2D eigenvalue weighted by atomic mass is 9.74. The average molecular weight is 429 g/mol. The van der Waals surface area contributed by atoms with Crippen LogP contribution in [-0.2, 0) is 7.05 Å². The molecule has 1 atom stereocenters. The minimum Gasteiger partial charge on any atom is -0.349 e. The monoisotopic (exact) mass is 428 g/mol. The van der Waals surface area contributed by atoms with E-state index in [4.69, 9.17) is 0 Å². The molecule has 1 unspecified atom stereocenters. The van der Waals surface area contributed by atoms with E-state index in [0.717, 1.165) is 47.7 Å². The van der Waals surface area contributed by atoms with E-state index < -0.39 is 0 Å². The van der Waals surface area contributed by atoms with Crippen LogP contribution in [0.5, 0.6) is 0 Å². The van der Waals surface area contributed by atoms with Crippen molar-refractivity contribution in [2.75, 3.05) is 13.1 Å². The summed E-state index contributed by atoms with van der Waals surface area (Å²) in [7, 11) is 1.65. The molecular formula is C22H28N4O3S. The highest BCUT2D eigenvalue weighted by Gasteiger charge is 2.46. The second-order valence-electron chi connectivity index (χ2n) is 8.56. The van der Waals surface area contributed by atoms with Crippen LogP contribution in [-0.4, -0.2) is 45.4 Å². The smallest absolute Gasteiger partial charge is 0.265 e. The summed E-state index contributed by atoms with van der Waals surface area (Å²) in [5, 5.41) is 4.06. The van der Waals surface area contributed by atoms with Crippen LogP contribution in [0.4, 0.5) is 0 Å². The summed E-state index contributed by atoms with van der Waals surface area (Å²) < 4.78 is 1.42. The molecule has 2 aromatic rings. The number of likely N-dealkylation sites (tertiary alicyclic amines) is 1. The summed E-state index contributed by atoms with van der Waals surface area (Å²) in [4.78, 5) is 45.1. The molecule has 30 heavy (non-hydrogen) atoms. The molecule has 2 aliphatic rings. The van der Waals surface area contributed by atoms with Crippen molar-refractivity contribution in [3.05, 3.63) is 49.8 Å². The molecule has 8 heteroatoms. The third-order valence-corrected chi connectivity index (χ3v) is 7.78. The molecule has 0 aromatic carbocycles. The van der Waals surface area contributed by atoms with Crippen LogP contribution >= 0.6 is 11.3 Å². The van der Waals surface area contributed by atoms with E-state index in [1.807, 2.05) is 18.7 Å². The third-order valence-electron chi connectivity index (χ3n) is 6.72. The third kappa shape index (κ3) is 3.69. The minimum atomic E-state index is -0.295. The lowest BCUT2D eigenvalue weighted by Gasteiger charge is -2.43. The Morgan fingerprint density at radius 2 is 1.97 bits per heavy atom. The number of aromatic nitrogens is 2. The predicted octanol–water partition coefficient (Wildman–Crippen LogP) is 2.66. The van der Waals surface area contributed by atoms with Crippen LogP contribution in [0, 0.1) is 19.3 Å². The average Bonchev–Trinajstić information content (AvgIpc) is 3.26. The molecule has 0 bridgehead atoms. The summed E-state index contributed by atoms with van der Waals surface area (Å²) >= 11 is 1.46.